The summed E-state index contributed by atoms with van der Waals surface area (Å²) in [4.78, 5) is 19.0. The third-order valence-corrected chi connectivity index (χ3v) is 6.63. The maximum absolute atomic E-state index is 12.6. The van der Waals surface area contributed by atoms with Gasteiger partial charge in [0.2, 0.25) is 0 Å². The summed E-state index contributed by atoms with van der Waals surface area (Å²) in [5.74, 6) is 1.52. The van der Waals surface area contributed by atoms with Crippen LogP contribution in [0.15, 0.2) is 60.7 Å². The number of fused-ring (bicyclic) bond motifs is 2. The lowest BCUT2D eigenvalue weighted by molar-refractivity contribution is -0.135. The van der Waals surface area contributed by atoms with Crippen LogP contribution in [0.2, 0.25) is 0 Å². The van der Waals surface area contributed by atoms with Gasteiger partial charge >= 0.3 is 0 Å². The summed E-state index contributed by atoms with van der Waals surface area (Å²) < 4.78 is 18.2. The Morgan fingerprint density at radius 1 is 1.03 bits per heavy atom. The minimum atomic E-state index is 0.00342. The van der Waals surface area contributed by atoms with Gasteiger partial charge in [0.25, 0.3) is 11.1 Å². The highest BCUT2D eigenvalue weighted by atomic mass is 32.1. The number of rotatable bonds is 6. The number of carbonyl (C=O) groups excluding carboxylic acids is 1. The Labute approximate surface area is 190 Å². The fourth-order valence-electron chi connectivity index (χ4n) is 3.92. The van der Waals surface area contributed by atoms with Crippen molar-refractivity contribution in [2.45, 2.75) is 18.9 Å². The van der Waals surface area contributed by atoms with E-state index in [2.05, 4.69) is 11.1 Å². The van der Waals surface area contributed by atoms with Crippen LogP contribution >= 0.6 is 11.3 Å². The molecule has 7 heteroatoms. The molecule has 6 nitrogen and oxygen atoms in total. The van der Waals surface area contributed by atoms with Crippen LogP contribution in [0.3, 0.4) is 0 Å². The summed E-state index contributed by atoms with van der Waals surface area (Å²) in [6, 6.07) is 19.8. The van der Waals surface area contributed by atoms with Crippen molar-refractivity contribution in [3.63, 3.8) is 0 Å². The summed E-state index contributed by atoms with van der Waals surface area (Å²) in [5.41, 5.74) is 0.907. The Hall–Kier alpha value is -3.32. The first-order valence-electron chi connectivity index (χ1n) is 10.7. The van der Waals surface area contributed by atoms with E-state index in [0.29, 0.717) is 24.0 Å². The molecule has 2 heterocycles. The van der Waals surface area contributed by atoms with E-state index in [1.54, 1.807) is 7.11 Å². The minimum Gasteiger partial charge on any atom is -0.497 e. The van der Waals surface area contributed by atoms with Gasteiger partial charge in [0.1, 0.15) is 17.6 Å². The third-order valence-electron chi connectivity index (χ3n) is 5.72. The zero-order chi connectivity index (χ0) is 21.9. The number of benzene rings is 3. The molecule has 1 aromatic heterocycles. The first kappa shape index (κ1) is 20.6. The number of amides is 1. The standard InChI is InChI=1S/C25H24N2O4S/c1-29-20-8-9-22-23(15-20)32-25(26-22)31-19-10-12-27(13-11-19)24(28)16-30-21-7-6-17-4-2-3-5-18(17)14-21/h2-9,14-15,19H,10-13,16H2,1H3. The molecule has 0 unspecified atom stereocenters. The molecule has 1 amide bonds. The van der Waals surface area contributed by atoms with E-state index in [9.17, 15) is 4.79 Å². The number of hydrogen-bond donors (Lipinski definition) is 0. The molecule has 1 aliphatic heterocycles. The fourth-order valence-corrected chi connectivity index (χ4v) is 4.83. The van der Waals surface area contributed by atoms with Gasteiger partial charge in [-0.1, -0.05) is 41.7 Å². The van der Waals surface area contributed by atoms with Crippen LogP contribution in [0.25, 0.3) is 21.0 Å². The quantitative estimate of drug-likeness (QED) is 0.420. The van der Waals surface area contributed by atoms with E-state index >= 15 is 0 Å². The Morgan fingerprint density at radius 3 is 2.62 bits per heavy atom. The second-order valence-electron chi connectivity index (χ2n) is 7.81. The molecule has 0 aliphatic carbocycles. The molecule has 0 saturated carbocycles. The fraction of sp³-hybridized carbons (Fsp3) is 0.280. The van der Waals surface area contributed by atoms with Gasteiger partial charge in [-0.2, -0.15) is 0 Å². The summed E-state index contributed by atoms with van der Waals surface area (Å²) >= 11 is 1.52. The molecule has 5 rings (SSSR count). The zero-order valence-electron chi connectivity index (χ0n) is 17.8. The second kappa shape index (κ2) is 9.04. The van der Waals surface area contributed by atoms with Crippen molar-refractivity contribution in [1.82, 2.24) is 9.88 Å². The average molecular weight is 449 g/mol. The predicted molar refractivity (Wildman–Crippen MR) is 126 cm³/mol. The Morgan fingerprint density at radius 2 is 1.81 bits per heavy atom. The number of piperidine rings is 1. The van der Waals surface area contributed by atoms with Gasteiger partial charge in [0.15, 0.2) is 6.61 Å². The van der Waals surface area contributed by atoms with Crippen molar-refractivity contribution in [2.24, 2.45) is 0 Å². The largest absolute Gasteiger partial charge is 0.497 e. The molecule has 1 saturated heterocycles. The van der Waals surface area contributed by atoms with Gasteiger partial charge in [-0.15, -0.1) is 0 Å². The SMILES string of the molecule is COc1ccc2nc(OC3CCN(C(=O)COc4ccc5ccccc5c4)CC3)sc2c1. The molecule has 0 N–H and O–H groups in total. The topological polar surface area (TPSA) is 60.9 Å². The van der Waals surface area contributed by atoms with Crippen LogP contribution in [-0.4, -0.2) is 48.7 Å². The zero-order valence-corrected chi connectivity index (χ0v) is 18.6. The van der Waals surface area contributed by atoms with E-state index in [0.717, 1.165) is 39.6 Å². The summed E-state index contributed by atoms with van der Waals surface area (Å²) in [6.07, 6.45) is 1.62. The monoisotopic (exact) mass is 448 g/mol. The van der Waals surface area contributed by atoms with E-state index in [1.807, 2.05) is 59.5 Å². The van der Waals surface area contributed by atoms with E-state index < -0.39 is 0 Å². The average Bonchev–Trinajstić information content (AvgIpc) is 3.24. The van der Waals surface area contributed by atoms with Crippen molar-refractivity contribution in [2.75, 3.05) is 26.8 Å². The van der Waals surface area contributed by atoms with Crippen LogP contribution in [-0.2, 0) is 4.79 Å². The van der Waals surface area contributed by atoms with Crippen molar-refractivity contribution in [1.29, 1.82) is 0 Å². The number of thiazole rings is 1. The van der Waals surface area contributed by atoms with Gasteiger partial charge in [0.05, 0.1) is 17.3 Å². The number of ether oxygens (including phenoxy) is 3. The molecular formula is C25H24N2O4S. The highest BCUT2D eigenvalue weighted by Crippen LogP contribution is 2.32. The number of likely N-dealkylation sites (tertiary alicyclic amines) is 1. The van der Waals surface area contributed by atoms with Crippen LogP contribution < -0.4 is 14.2 Å². The molecule has 1 aliphatic rings. The van der Waals surface area contributed by atoms with Gasteiger partial charge in [-0.25, -0.2) is 4.98 Å². The van der Waals surface area contributed by atoms with E-state index in [1.165, 1.54) is 11.3 Å². The molecule has 3 aromatic carbocycles. The van der Waals surface area contributed by atoms with Crippen molar-refractivity contribution in [3.8, 4) is 16.7 Å². The van der Waals surface area contributed by atoms with Crippen molar-refractivity contribution in [3.05, 3.63) is 60.7 Å². The maximum atomic E-state index is 12.6. The Kier molecular flexibility index (Phi) is 5.81. The number of aromatic nitrogens is 1. The summed E-state index contributed by atoms with van der Waals surface area (Å²) in [6.45, 7) is 1.36. The Bertz CT molecular complexity index is 1250. The first-order valence-corrected chi connectivity index (χ1v) is 11.5. The molecule has 1 fully saturated rings. The highest BCUT2D eigenvalue weighted by Gasteiger charge is 2.25. The van der Waals surface area contributed by atoms with Crippen LogP contribution in [0, 0.1) is 0 Å². The normalized spacial score (nSPS) is 14.6. The number of carbonyl (C=O) groups is 1. The van der Waals surface area contributed by atoms with Crippen LogP contribution in [0.4, 0.5) is 0 Å². The minimum absolute atomic E-state index is 0.00342. The predicted octanol–water partition coefficient (Wildman–Crippen LogP) is 4.91. The smallest absolute Gasteiger partial charge is 0.274 e. The number of methoxy groups -OCH3 is 1. The second-order valence-corrected chi connectivity index (χ2v) is 8.80. The molecule has 0 radical (unpaired) electrons. The number of nitrogens with zero attached hydrogens (tertiary/aromatic N) is 2. The first-order chi connectivity index (χ1) is 15.7. The van der Waals surface area contributed by atoms with Crippen molar-refractivity contribution >= 4 is 38.2 Å². The van der Waals surface area contributed by atoms with E-state index in [4.69, 9.17) is 14.2 Å². The maximum Gasteiger partial charge on any atom is 0.274 e. The Balaban J connectivity index is 1.12. The molecule has 0 atom stereocenters. The van der Waals surface area contributed by atoms with Gasteiger partial charge < -0.3 is 19.1 Å². The van der Waals surface area contributed by atoms with Crippen molar-refractivity contribution < 1.29 is 19.0 Å². The lowest BCUT2D eigenvalue weighted by Crippen LogP contribution is -2.43. The van der Waals surface area contributed by atoms with Gasteiger partial charge in [0, 0.05) is 25.9 Å². The molecule has 0 spiro atoms. The van der Waals surface area contributed by atoms with E-state index in [-0.39, 0.29) is 18.6 Å². The lowest BCUT2D eigenvalue weighted by Gasteiger charge is -2.31. The summed E-state index contributed by atoms with van der Waals surface area (Å²) in [7, 11) is 1.65. The summed E-state index contributed by atoms with van der Waals surface area (Å²) in [5, 5.41) is 2.92. The molecule has 4 aromatic rings. The number of hydrogen-bond acceptors (Lipinski definition) is 6. The highest BCUT2D eigenvalue weighted by molar-refractivity contribution is 7.20. The van der Waals surface area contributed by atoms with Crippen LogP contribution in [0.1, 0.15) is 12.8 Å². The van der Waals surface area contributed by atoms with Crippen LogP contribution in [0.5, 0.6) is 16.7 Å². The third kappa shape index (κ3) is 4.48. The van der Waals surface area contributed by atoms with Gasteiger partial charge in [-0.05, 0) is 41.1 Å². The molecular weight excluding hydrogens is 424 g/mol. The molecule has 164 valence electrons. The van der Waals surface area contributed by atoms with Gasteiger partial charge in [-0.3, -0.25) is 4.79 Å². The lowest BCUT2D eigenvalue weighted by atomic mass is 10.1. The molecule has 0 bridgehead atoms. The molecule has 32 heavy (non-hydrogen) atoms.